The van der Waals surface area contributed by atoms with Gasteiger partial charge in [0, 0.05) is 10.9 Å². The van der Waals surface area contributed by atoms with Crippen LogP contribution in [0.1, 0.15) is 24.0 Å². The molecular formula is C13H15ClN2S. The molecule has 3 rings (SSSR count). The van der Waals surface area contributed by atoms with Crippen LogP contribution >= 0.6 is 23.7 Å². The molecule has 1 heterocycles. The average molecular weight is 267 g/mol. The number of hydrogen-bond donors (Lipinski definition) is 1. The predicted molar refractivity (Wildman–Crippen MR) is 75.9 cm³/mol. The Kier molecular flexibility index (Phi) is 3.69. The number of thiazole rings is 1. The number of aryl methyl sites for hydroxylation is 2. The molecule has 90 valence electrons. The van der Waals surface area contributed by atoms with Crippen molar-refractivity contribution in [3.8, 4) is 11.3 Å². The molecule has 0 aliphatic heterocycles. The summed E-state index contributed by atoms with van der Waals surface area (Å²) in [5.74, 6) is 0. The van der Waals surface area contributed by atoms with E-state index in [1.54, 1.807) is 0 Å². The molecule has 0 saturated carbocycles. The average Bonchev–Trinajstić information content (AvgIpc) is 2.75. The van der Waals surface area contributed by atoms with Crippen molar-refractivity contribution < 1.29 is 0 Å². The molecule has 2 nitrogen and oxygen atoms in total. The molecule has 0 unspecified atom stereocenters. The summed E-state index contributed by atoms with van der Waals surface area (Å²) in [4.78, 5) is 4.33. The largest absolute Gasteiger partial charge is 0.375 e. The van der Waals surface area contributed by atoms with E-state index in [0.29, 0.717) is 5.13 Å². The number of hydrogen-bond acceptors (Lipinski definition) is 3. The number of nitrogens with two attached hydrogens (primary N) is 1. The van der Waals surface area contributed by atoms with E-state index >= 15 is 0 Å². The molecule has 0 fully saturated rings. The van der Waals surface area contributed by atoms with E-state index < -0.39 is 0 Å². The first kappa shape index (κ1) is 12.4. The van der Waals surface area contributed by atoms with Gasteiger partial charge in [-0.15, -0.1) is 23.7 Å². The van der Waals surface area contributed by atoms with Gasteiger partial charge in [0.1, 0.15) is 0 Å². The maximum Gasteiger partial charge on any atom is 0.180 e. The summed E-state index contributed by atoms with van der Waals surface area (Å²) < 4.78 is 0. The minimum Gasteiger partial charge on any atom is -0.375 e. The third-order valence-electron chi connectivity index (χ3n) is 3.17. The van der Waals surface area contributed by atoms with Crippen molar-refractivity contribution in [3.05, 3.63) is 34.7 Å². The van der Waals surface area contributed by atoms with Crippen molar-refractivity contribution >= 4 is 28.9 Å². The molecule has 2 aromatic rings. The van der Waals surface area contributed by atoms with Gasteiger partial charge in [-0.1, -0.05) is 12.1 Å². The molecule has 1 aromatic heterocycles. The number of benzene rings is 1. The number of nitrogens with zero attached hydrogens (tertiary/aromatic N) is 1. The highest BCUT2D eigenvalue weighted by Gasteiger charge is 2.11. The fourth-order valence-electron chi connectivity index (χ4n) is 2.31. The third-order valence-corrected chi connectivity index (χ3v) is 3.84. The summed E-state index contributed by atoms with van der Waals surface area (Å²) in [5.41, 5.74) is 10.9. The molecule has 17 heavy (non-hydrogen) atoms. The SMILES string of the molecule is Cl.Nc1nc(-c2ccc3c(c2)CCCC3)cs1. The monoisotopic (exact) mass is 266 g/mol. The minimum atomic E-state index is 0. The first-order chi connectivity index (χ1) is 7.83. The summed E-state index contributed by atoms with van der Waals surface area (Å²) in [6.07, 6.45) is 5.09. The number of fused-ring (bicyclic) bond motifs is 1. The van der Waals surface area contributed by atoms with Crippen molar-refractivity contribution in [2.45, 2.75) is 25.7 Å². The number of nitrogen functional groups attached to an aromatic ring is 1. The lowest BCUT2D eigenvalue weighted by Gasteiger charge is -2.15. The Balaban J connectivity index is 0.00000108. The molecule has 0 saturated heterocycles. The number of halogens is 1. The van der Waals surface area contributed by atoms with Crippen LogP contribution in [0.3, 0.4) is 0 Å². The van der Waals surface area contributed by atoms with E-state index in [4.69, 9.17) is 5.73 Å². The second-order valence-corrected chi connectivity index (χ2v) is 5.15. The van der Waals surface area contributed by atoms with E-state index in [-0.39, 0.29) is 12.4 Å². The van der Waals surface area contributed by atoms with Crippen molar-refractivity contribution in [2.75, 3.05) is 5.73 Å². The van der Waals surface area contributed by atoms with E-state index in [9.17, 15) is 0 Å². The Hall–Kier alpha value is -1.06. The van der Waals surface area contributed by atoms with E-state index in [1.165, 1.54) is 53.7 Å². The Bertz CT molecular complexity index is 522. The molecule has 2 N–H and O–H groups in total. The highest BCUT2D eigenvalue weighted by atomic mass is 35.5. The first-order valence-electron chi connectivity index (χ1n) is 5.66. The van der Waals surface area contributed by atoms with Crippen molar-refractivity contribution in [1.29, 1.82) is 0 Å². The predicted octanol–water partition coefficient (Wildman–Crippen LogP) is 3.69. The fraction of sp³-hybridized carbons (Fsp3) is 0.308. The van der Waals surface area contributed by atoms with Gasteiger partial charge in [-0.3, -0.25) is 0 Å². The van der Waals surface area contributed by atoms with Crippen LogP contribution in [0.2, 0.25) is 0 Å². The van der Waals surface area contributed by atoms with Crippen molar-refractivity contribution in [2.24, 2.45) is 0 Å². The van der Waals surface area contributed by atoms with Crippen LogP contribution in [0.5, 0.6) is 0 Å². The second-order valence-electron chi connectivity index (χ2n) is 4.26. The number of anilines is 1. The lowest BCUT2D eigenvalue weighted by Crippen LogP contribution is -2.02. The molecule has 1 aliphatic carbocycles. The zero-order chi connectivity index (χ0) is 11.0. The number of rotatable bonds is 1. The van der Waals surface area contributed by atoms with Gasteiger partial charge in [0.2, 0.25) is 0 Å². The molecule has 0 spiro atoms. The molecule has 0 amide bonds. The van der Waals surface area contributed by atoms with Gasteiger partial charge in [-0.25, -0.2) is 4.98 Å². The topological polar surface area (TPSA) is 38.9 Å². The van der Waals surface area contributed by atoms with Gasteiger partial charge in [-0.05, 0) is 42.9 Å². The Morgan fingerprint density at radius 1 is 1.12 bits per heavy atom. The highest BCUT2D eigenvalue weighted by Crippen LogP contribution is 2.28. The molecule has 0 bridgehead atoms. The lowest BCUT2D eigenvalue weighted by atomic mass is 9.90. The quantitative estimate of drug-likeness (QED) is 0.855. The molecule has 0 radical (unpaired) electrons. The first-order valence-corrected chi connectivity index (χ1v) is 6.54. The maximum absolute atomic E-state index is 5.66. The van der Waals surface area contributed by atoms with Gasteiger partial charge < -0.3 is 5.73 Å². The third kappa shape index (κ3) is 2.45. The van der Waals surface area contributed by atoms with Crippen LogP contribution in [-0.4, -0.2) is 4.98 Å². The zero-order valence-corrected chi connectivity index (χ0v) is 11.1. The zero-order valence-electron chi connectivity index (χ0n) is 9.48. The minimum absolute atomic E-state index is 0. The maximum atomic E-state index is 5.66. The van der Waals surface area contributed by atoms with Gasteiger partial charge in [-0.2, -0.15) is 0 Å². The summed E-state index contributed by atoms with van der Waals surface area (Å²) >= 11 is 1.50. The molecule has 1 aliphatic rings. The number of aromatic nitrogens is 1. The van der Waals surface area contributed by atoms with Crippen LogP contribution < -0.4 is 5.73 Å². The van der Waals surface area contributed by atoms with Crippen LogP contribution in [0.15, 0.2) is 23.6 Å². The Labute approximate surface area is 111 Å². The van der Waals surface area contributed by atoms with Crippen LogP contribution in [0.25, 0.3) is 11.3 Å². The smallest absolute Gasteiger partial charge is 0.180 e. The van der Waals surface area contributed by atoms with Crippen LogP contribution in [0.4, 0.5) is 5.13 Å². The standard InChI is InChI=1S/C13H14N2S.ClH/c14-13-15-12(8-16-13)11-6-5-9-3-1-2-4-10(9)7-11;/h5-8H,1-4H2,(H2,14,15);1H. The molecule has 4 heteroatoms. The normalized spacial score (nSPS) is 13.9. The molecule has 1 aromatic carbocycles. The van der Waals surface area contributed by atoms with Crippen LogP contribution in [-0.2, 0) is 12.8 Å². The summed E-state index contributed by atoms with van der Waals surface area (Å²) in [6.45, 7) is 0. The lowest BCUT2D eigenvalue weighted by molar-refractivity contribution is 0.686. The van der Waals surface area contributed by atoms with Gasteiger partial charge in [0.25, 0.3) is 0 Å². The molecular weight excluding hydrogens is 252 g/mol. The Morgan fingerprint density at radius 2 is 1.88 bits per heavy atom. The van der Waals surface area contributed by atoms with Crippen LogP contribution in [0, 0.1) is 0 Å². The summed E-state index contributed by atoms with van der Waals surface area (Å²) in [7, 11) is 0. The second kappa shape index (κ2) is 5.07. The van der Waals surface area contributed by atoms with E-state index in [1.807, 2.05) is 5.38 Å². The van der Waals surface area contributed by atoms with Gasteiger partial charge >= 0.3 is 0 Å². The van der Waals surface area contributed by atoms with E-state index in [2.05, 4.69) is 23.2 Å². The van der Waals surface area contributed by atoms with Gasteiger partial charge in [0.05, 0.1) is 5.69 Å². The van der Waals surface area contributed by atoms with E-state index in [0.717, 1.165) is 5.69 Å². The summed E-state index contributed by atoms with van der Waals surface area (Å²) in [5, 5.41) is 2.67. The molecule has 0 atom stereocenters. The summed E-state index contributed by atoms with van der Waals surface area (Å²) in [6, 6.07) is 6.70. The van der Waals surface area contributed by atoms with Crippen molar-refractivity contribution in [3.63, 3.8) is 0 Å². The fourth-order valence-corrected chi connectivity index (χ4v) is 2.89. The Morgan fingerprint density at radius 3 is 2.59 bits per heavy atom. The van der Waals surface area contributed by atoms with Gasteiger partial charge in [0.15, 0.2) is 5.13 Å². The van der Waals surface area contributed by atoms with Crippen molar-refractivity contribution in [1.82, 2.24) is 4.98 Å². The highest BCUT2D eigenvalue weighted by molar-refractivity contribution is 7.13.